The molecule has 0 radical (unpaired) electrons. The van der Waals surface area contributed by atoms with E-state index in [9.17, 15) is 0 Å². The van der Waals surface area contributed by atoms with E-state index < -0.39 is 0 Å². The van der Waals surface area contributed by atoms with Crippen molar-refractivity contribution >= 4 is 6.08 Å². The van der Waals surface area contributed by atoms with E-state index in [0.29, 0.717) is 5.92 Å². The van der Waals surface area contributed by atoms with E-state index in [1.54, 1.807) is 16.7 Å². The molecule has 90 valence electrons. The summed E-state index contributed by atoms with van der Waals surface area (Å²) in [5.74, 6) is 1.48. The van der Waals surface area contributed by atoms with Crippen LogP contribution in [0.5, 0.6) is 0 Å². The highest BCUT2D eigenvalue weighted by Gasteiger charge is 2.24. The van der Waals surface area contributed by atoms with E-state index in [4.69, 9.17) is 0 Å². The lowest BCUT2D eigenvalue weighted by molar-refractivity contribution is 0.548. The van der Waals surface area contributed by atoms with E-state index in [2.05, 4.69) is 38.1 Å². The molecule has 0 heterocycles. The fraction of sp³-hybridized carbons (Fsp3) is 0.529. The highest BCUT2D eigenvalue weighted by molar-refractivity contribution is 5.66. The van der Waals surface area contributed by atoms with Crippen molar-refractivity contribution in [3.63, 3.8) is 0 Å². The molecular weight excluding hydrogens is 204 g/mol. The van der Waals surface area contributed by atoms with Crippen LogP contribution in [0.2, 0.25) is 0 Å². The summed E-state index contributed by atoms with van der Waals surface area (Å²) in [6.45, 7) is 4.67. The number of hydrogen-bond donors (Lipinski definition) is 0. The SMILES string of the molecule is CC(C)CC1C=Cc2ccc3c(c21)CCCC3. The molecule has 1 unspecified atom stereocenters. The van der Waals surface area contributed by atoms with Gasteiger partial charge in [0.25, 0.3) is 0 Å². The average molecular weight is 226 g/mol. The largest absolute Gasteiger partial charge is 0.0764 e. The maximum atomic E-state index is 2.43. The molecule has 0 bridgehead atoms. The van der Waals surface area contributed by atoms with E-state index in [1.165, 1.54) is 37.7 Å². The third-order valence-electron chi connectivity index (χ3n) is 4.21. The van der Waals surface area contributed by atoms with Crippen LogP contribution in [0.1, 0.15) is 61.3 Å². The van der Waals surface area contributed by atoms with E-state index >= 15 is 0 Å². The lowest BCUT2D eigenvalue weighted by Crippen LogP contribution is -2.09. The summed E-state index contributed by atoms with van der Waals surface area (Å²) in [6, 6.07) is 4.71. The first kappa shape index (κ1) is 11.1. The molecule has 3 rings (SSSR count). The van der Waals surface area contributed by atoms with Crippen molar-refractivity contribution < 1.29 is 0 Å². The van der Waals surface area contributed by atoms with Gasteiger partial charge < -0.3 is 0 Å². The van der Waals surface area contributed by atoms with Crippen LogP contribution in [-0.4, -0.2) is 0 Å². The Hall–Kier alpha value is -1.04. The van der Waals surface area contributed by atoms with Crippen molar-refractivity contribution in [2.45, 2.75) is 51.9 Å². The lowest BCUT2D eigenvalue weighted by Gasteiger charge is -2.23. The average Bonchev–Trinajstić information content (AvgIpc) is 2.72. The van der Waals surface area contributed by atoms with Gasteiger partial charge in [0.1, 0.15) is 0 Å². The van der Waals surface area contributed by atoms with Crippen LogP contribution < -0.4 is 0 Å². The normalized spacial score (nSPS) is 21.7. The molecule has 0 aromatic heterocycles. The van der Waals surface area contributed by atoms with Gasteiger partial charge in [-0.05, 0) is 60.3 Å². The minimum Gasteiger partial charge on any atom is -0.0764 e. The summed E-state index contributed by atoms with van der Waals surface area (Å²) in [5, 5.41) is 0. The van der Waals surface area contributed by atoms with Gasteiger partial charge >= 0.3 is 0 Å². The molecule has 0 saturated carbocycles. The zero-order chi connectivity index (χ0) is 11.8. The fourth-order valence-corrected chi connectivity index (χ4v) is 3.48. The highest BCUT2D eigenvalue weighted by Crippen LogP contribution is 2.40. The number of allylic oxidation sites excluding steroid dienone is 1. The van der Waals surface area contributed by atoms with Gasteiger partial charge in [0.15, 0.2) is 0 Å². The van der Waals surface area contributed by atoms with Crippen molar-refractivity contribution in [2.75, 3.05) is 0 Å². The van der Waals surface area contributed by atoms with Crippen LogP contribution in [0.15, 0.2) is 18.2 Å². The molecule has 0 saturated heterocycles. The first-order valence-electron chi connectivity index (χ1n) is 7.08. The predicted octanol–water partition coefficient (Wildman–Crippen LogP) is 4.72. The van der Waals surface area contributed by atoms with Gasteiger partial charge in [-0.25, -0.2) is 0 Å². The molecule has 0 aliphatic heterocycles. The van der Waals surface area contributed by atoms with Crippen LogP contribution in [-0.2, 0) is 12.8 Å². The number of rotatable bonds is 2. The third-order valence-corrected chi connectivity index (χ3v) is 4.21. The first-order chi connectivity index (χ1) is 8.25. The Morgan fingerprint density at radius 2 is 2.00 bits per heavy atom. The monoisotopic (exact) mass is 226 g/mol. The molecule has 2 aliphatic carbocycles. The number of aryl methyl sites for hydroxylation is 1. The second-order valence-electron chi connectivity index (χ2n) is 6.01. The van der Waals surface area contributed by atoms with Crippen molar-refractivity contribution in [1.82, 2.24) is 0 Å². The van der Waals surface area contributed by atoms with E-state index in [-0.39, 0.29) is 0 Å². The van der Waals surface area contributed by atoms with Crippen molar-refractivity contribution in [3.8, 4) is 0 Å². The second-order valence-corrected chi connectivity index (χ2v) is 6.01. The summed E-state index contributed by atoms with van der Waals surface area (Å²) in [4.78, 5) is 0. The summed E-state index contributed by atoms with van der Waals surface area (Å²) in [6.07, 6.45) is 11.5. The topological polar surface area (TPSA) is 0 Å². The smallest absolute Gasteiger partial charge is 0.00325 e. The molecular formula is C17H22. The summed E-state index contributed by atoms with van der Waals surface area (Å²) in [7, 11) is 0. The standard InChI is InChI=1S/C17H22/c1-12(2)11-15-10-9-14-8-7-13-5-3-4-6-16(13)17(14)15/h7-10,12,15H,3-6,11H2,1-2H3. The van der Waals surface area contributed by atoms with Gasteiger partial charge in [-0.3, -0.25) is 0 Å². The number of fused-ring (bicyclic) bond motifs is 3. The van der Waals surface area contributed by atoms with Gasteiger partial charge in [-0.15, -0.1) is 0 Å². The third kappa shape index (κ3) is 1.94. The van der Waals surface area contributed by atoms with Crippen LogP contribution in [0.25, 0.3) is 6.08 Å². The molecule has 1 aromatic rings. The predicted molar refractivity (Wildman–Crippen MR) is 74.3 cm³/mol. The maximum Gasteiger partial charge on any atom is 0.00325 e. The molecule has 0 fully saturated rings. The molecule has 2 aliphatic rings. The van der Waals surface area contributed by atoms with Crippen molar-refractivity contribution in [3.05, 3.63) is 40.5 Å². The zero-order valence-corrected chi connectivity index (χ0v) is 11.0. The van der Waals surface area contributed by atoms with Crippen LogP contribution >= 0.6 is 0 Å². The van der Waals surface area contributed by atoms with Crippen LogP contribution in [0.4, 0.5) is 0 Å². The second kappa shape index (κ2) is 4.33. The maximum absolute atomic E-state index is 2.43. The minimum atomic E-state index is 0.693. The van der Waals surface area contributed by atoms with Gasteiger partial charge in [-0.1, -0.05) is 38.1 Å². The van der Waals surface area contributed by atoms with Crippen molar-refractivity contribution in [1.29, 1.82) is 0 Å². The number of hydrogen-bond acceptors (Lipinski definition) is 0. The first-order valence-corrected chi connectivity index (χ1v) is 7.08. The Labute approximate surface area is 105 Å². The fourth-order valence-electron chi connectivity index (χ4n) is 3.48. The molecule has 0 nitrogen and oxygen atoms in total. The lowest BCUT2D eigenvalue weighted by atomic mass is 9.81. The minimum absolute atomic E-state index is 0.693. The Morgan fingerprint density at radius 1 is 1.18 bits per heavy atom. The zero-order valence-electron chi connectivity index (χ0n) is 11.0. The number of benzene rings is 1. The quantitative estimate of drug-likeness (QED) is 0.684. The van der Waals surface area contributed by atoms with Gasteiger partial charge in [0.2, 0.25) is 0 Å². The molecule has 0 spiro atoms. The molecule has 0 heteroatoms. The van der Waals surface area contributed by atoms with Gasteiger partial charge in [0, 0.05) is 5.92 Å². The molecule has 0 amide bonds. The Bertz CT molecular complexity index is 451. The van der Waals surface area contributed by atoms with E-state index in [0.717, 1.165) is 5.92 Å². The van der Waals surface area contributed by atoms with Crippen LogP contribution in [0, 0.1) is 5.92 Å². The van der Waals surface area contributed by atoms with Crippen molar-refractivity contribution in [2.24, 2.45) is 5.92 Å². The summed E-state index contributed by atoms with van der Waals surface area (Å²) < 4.78 is 0. The van der Waals surface area contributed by atoms with Gasteiger partial charge in [-0.2, -0.15) is 0 Å². The van der Waals surface area contributed by atoms with Crippen LogP contribution in [0.3, 0.4) is 0 Å². The van der Waals surface area contributed by atoms with Gasteiger partial charge in [0.05, 0.1) is 0 Å². The molecule has 1 atom stereocenters. The van der Waals surface area contributed by atoms with E-state index in [1.807, 2.05) is 0 Å². The molecule has 0 N–H and O–H groups in total. The Balaban J connectivity index is 2.02. The molecule has 17 heavy (non-hydrogen) atoms. The summed E-state index contributed by atoms with van der Waals surface area (Å²) >= 11 is 0. The Morgan fingerprint density at radius 3 is 2.82 bits per heavy atom. The Kier molecular flexibility index (Phi) is 2.82. The molecule has 1 aromatic carbocycles. The summed E-state index contributed by atoms with van der Waals surface area (Å²) in [5.41, 5.74) is 6.50. The highest BCUT2D eigenvalue weighted by atomic mass is 14.3.